The van der Waals surface area contributed by atoms with Gasteiger partial charge in [-0.15, -0.1) is 0 Å². The van der Waals surface area contributed by atoms with Crippen LogP contribution in [0.15, 0.2) is 28.7 Å². The second-order valence-electron chi connectivity index (χ2n) is 5.64. The van der Waals surface area contributed by atoms with Gasteiger partial charge in [-0.3, -0.25) is 0 Å². The highest BCUT2D eigenvalue weighted by Crippen LogP contribution is 2.32. The van der Waals surface area contributed by atoms with Crippen LogP contribution < -0.4 is 5.73 Å². The van der Waals surface area contributed by atoms with Gasteiger partial charge in [0.1, 0.15) is 11.6 Å². The molecule has 0 spiro atoms. The lowest BCUT2D eigenvalue weighted by atomic mass is 9.95. The number of benzene rings is 1. The highest BCUT2D eigenvalue weighted by molar-refractivity contribution is 9.10. The minimum Gasteiger partial charge on any atom is -0.383 e. The molecule has 0 saturated heterocycles. The summed E-state index contributed by atoms with van der Waals surface area (Å²) < 4.78 is 1.01. The largest absolute Gasteiger partial charge is 0.383 e. The van der Waals surface area contributed by atoms with Crippen LogP contribution in [0.25, 0.3) is 11.3 Å². The summed E-state index contributed by atoms with van der Waals surface area (Å²) in [7, 11) is 0. The third-order valence-electron chi connectivity index (χ3n) is 2.98. The summed E-state index contributed by atoms with van der Waals surface area (Å²) in [5.41, 5.74) is 8.76. The molecule has 0 fully saturated rings. The average molecular weight is 320 g/mol. The van der Waals surface area contributed by atoms with Crippen molar-refractivity contribution in [2.75, 3.05) is 5.73 Å². The van der Waals surface area contributed by atoms with E-state index >= 15 is 0 Å². The van der Waals surface area contributed by atoms with Crippen molar-refractivity contribution in [1.82, 2.24) is 9.97 Å². The van der Waals surface area contributed by atoms with Crippen LogP contribution in [0.2, 0.25) is 0 Å². The van der Waals surface area contributed by atoms with Crippen LogP contribution >= 0.6 is 15.9 Å². The number of nitrogens with zero attached hydrogens (tertiary/aromatic N) is 2. The molecule has 1 heterocycles. The third-order valence-corrected chi connectivity index (χ3v) is 3.67. The zero-order valence-corrected chi connectivity index (χ0v) is 13.2. The Labute approximate surface area is 122 Å². The molecule has 0 aliphatic rings. The number of nitrogens with two attached hydrogens (primary N) is 1. The quantitative estimate of drug-likeness (QED) is 0.861. The van der Waals surface area contributed by atoms with Crippen molar-refractivity contribution in [3.8, 4) is 11.3 Å². The maximum Gasteiger partial charge on any atom is 0.136 e. The zero-order valence-electron chi connectivity index (χ0n) is 11.7. The minimum atomic E-state index is -0.127. The summed E-state index contributed by atoms with van der Waals surface area (Å²) in [4.78, 5) is 9.13. The Balaban J connectivity index is 2.70. The van der Waals surface area contributed by atoms with E-state index in [0.717, 1.165) is 27.1 Å². The van der Waals surface area contributed by atoms with Crippen molar-refractivity contribution in [2.24, 2.45) is 0 Å². The molecule has 1 aromatic heterocycles. The Morgan fingerprint density at radius 3 is 2.32 bits per heavy atom. The topological polar surface area (TPSA) is 51.8 Å². The van der Waals surface area contributed by atoms with Gasteiger partial charge < -0.3 is 5.73 Å². The Morgan fingerprint density at radius 1 is 1.11 bits per heavy atom. The van der Waals surface area contributed by atoms with Crippen molar-refractivity contribution in [2.45, 2.75) is 33.1 Å². The lowest BCUT2D eigenvalue weighted by molar-refractivity contribution is 0.546. The first-order valence-corrected chi connectivity index (χ1v) is 6.99. The number of nitrogen functional groups attached to an aromatic ring is 1. The molecule has 0 bridgehead atoms. The smallest absolute Gasteiger partial charge is 0.136 e. The highest BCUT2D eigenvalue weighted by Gasteiger charge is 2.21. The van der Waals surface area contributed by atoms with Gasteiger partial charge in [-0.05, 0) is 13.0 Å². The Kier molecular flexibility index (Phi) is 3.63. The molecule has 2 aromatic rings. The molecule has 0 aliphatic carbocycles. The lowest BCUT2D eigenvalue weighted by Crippen LogP contribution is -2.18. The molecule has 3 nitrogen and oxygen atoms in total. The third kappa shape index (κ3) is 2.78. The molecule has 2 rings (SSSR count). The van der Waals surface area contributed by atoms with Gasteiger partial charge in [-0.25, -0.2) is 9.97 Å². The molecule has 4 heteroatoms. The summed E-state index contributed by atoms with van der Waals surface area (Å²) in [5.74, 6) is 1.31. The molecule has 0 amide bonds. The van der Waals surface area contributed by atoms with E-state index in [0.29, 0.717) is 5.82 Å². The summed E-state index contributed by atoms with van der Waals surface area (Å²) in [6.45, 7) is 8.21. The van der Waals surface area contributed by atoms with Crippen molar-refractivity contribution in [3.05, 3.63) is 40.1 Å². The molecule has 0 aliphatic heterocycles. The average Bonchev–Trinajstić information content (AvgIpc) is 2.32. The van der Waals surface area contributed by atoms with Gasteiger partial charge in [-0.1, -0.05) is 54.9 Å². The van der Waals surface area contributed by atoms with Gasteiger partial charge in [-0.2, -0.15) is 0 Å². The fourth-order valence-corrected chi connectivity index (χ4v) is 2.26. The second kappa shape index (κ2) is 4.93. The Hall–Kier alpha value is -1.42. The predicted molar refractivity (Wildman–Crippen MR) is 83.0 cm³/mol. The molecular weight excluding hydrogens is 302 g/mol. The first-order valence-electron chi connectivity index (χ1n) is 6.20. The highest BCUT2D eigenvalue weighted by atomic mass is 79.9. The number of hydrogen-bond acceptors (Lipinski definition) is 3. The molecular formula is C15H18BrN3. The molecule has 0 unspecified atom stereocenters. The maximum atomic E-state index is 6.04. The fraction of sp³-hybridized carbons (Fsp3) is 0.333. The number of rotatable bonds is 1. The molecule has 1 aromatic carbocycles. The maximum absolute atomic E-state index is 6.04. The number of hydrogen-bond donors (Lipinski definition) is 1. The van der Waals surface area contributed by atoms with Crippen LogP contribution in [-0.2, 0) is 5.41 Å². The summed E-state index contributed by atoms with van der Waals surface area (Å²) in [5, 5.41) is 0. The lowest BCUT2D eigenvalue weighted by Gasteiger charge is -2.19. The van der Waals surface area contributed by atoms with Gasteiger partial charge in [0.25, 0.3) is 0 Å². The fourth-order valence-electron chi connectivity index (χ4n) is 1.78. The van der Waals surface area contributed by atoms with Crippen LogP contribution in [0.5, 0.6) is 0 Å². The van der Waals surface area contributed by atoms with Crippen molar-refractivity contribution in [1.29, 1.82) is 0 Å². The van der Waals surface area contributed by atoms with Gasteiger partial charge in [0.05, 0.1) is 5.69 Å². The predicted octanol–water partition coefficient (Wildman–Crippen LogP) is 4.09. The number of halogens is 1. The molecule has 100 valence electrons. The van der Waals surface area contributed by atoms with Crippen LogP contribution in [0, 0.1) is 6.92 Å². The first-order chi connectivity index (χ1) is 8.80. The molecule has 19 heavy (non-hydrogen) atoms. The van der Waals surface area contributed by atoms with Gasteiger partial charge >= 0.3 is 0 Å². The van der Waals surface area contributed by atoms with Crippen molar-refractivity contribution < 1.29 is 0 Å². The van der Waals surface area contributed by atoms with E-state index < -0.39 is 0 Å². The molecule has 0 radical (unpaired) electrons. The molecule has 2 N–H and O–H groups in total. The summed E-state index contributed by atoms with van der Waals surface area (Å²) in [6, 6.07) is 8.02. The molecule has 0 saturated carbocycles. The van der Waals surface area contributed by atoms with Gasteiger partial charge in [0, 0.05) is 21.0 Å². The van der Waals surface area contributed by atoms with Crippen LogP contribution in [0.1, 0.15) is 32.2 Å². The standard InChI is InChI=1S/C15H18BrN3/c1-9-12(10-7-5-6-8-11(10)16)18-14(15(2,3)4)19-13(9)17/h5-8H,1-4H3,(H2,17,18,19). The zero-order chi connectivity index (χ0) is 14.2. The van der Waals surface area contributed by atoms with E-state index in [-0.39, 0.29) is 5.41 Å². The van der Waals surface area contributed by atoms with Crippen LogP contribution in [0.3, 0.4) is 0 Å². The summed E-state index contributed by atoms with van der Waals surface area (Å²) >= 11 is 3.57. The van der Waals surface area contributed by atoms with E-state index in [1.807, 2.05) is 31.2 Å². The van der Waals surface area contributed by atoms with E-state index in [2.05, 4.69) is 41.7 Å². The van der Waals surface area contributed by atoms with Crippen molar-refractivity contribution >= 4 is 21.7 Å². The second-order valence-corrected chi connectivity index (χ2v) is 6.49. The Bertz CT molecular complexity index is 615. The van der Waals surface area contributed by atoms with E-state index in [1.165, 1.54) is 0 Å². The van der Waals surface area contributed by atoms with Crippen LogP contribution in [0.4, 0.5) is 5.82 Å². The van der Waals surface area contributed by atoms with Crippen molar-refractivity contribution in [3.63, 3.8) is 0 Å². The minimum absolute atomic E-state index is 0.127. The Morgan fingerprint density at radius 2 is 1.74 bits per heavy atom. The monoisotopic (exact) mass is 319 g/mol. The normalized spacial score (nSPS) is 11.6. The van der Waals surface area contributed by atoms with E-state index in [4.69, 9.17) is 10.7 Å². The van der Waals surface area contributed by atoms with E-state index in [1.54, 1.807) is 0 Å². The van der Waals surface area contributed by atoms with Gasteiger partial charge in [0.15, 0.2) is 0 Å². The SMILES string of the molecule is Cc1c(N)nc(C(C)(C)C)nc1-c1ccccc1Br. The first kappa shape index (κ1) is 14.0. The van der Waals surface area contributed by atoms with Crippen LogP contribution in [-0.4, -0.2) is 9.97 Å². The van der Waals surface area contributed by atoms with Gasteiger partial charge in [0.2, 0.25) is 0 Å². The number of anilines is 1. The summed E-state index contributed by atoms with van der Waals surface area (Å²) in [6.07, 6.45) is 0. The number of aromatic nitrogens is 2. The van der Waals surface area contributed by atoms with E-state index in [9.17, 15) is 0 Å². The molecule has 0 atom stereocenters.